The SMILES string of the molecule is Cn1ncc(NCc2ccsc2)c1Br. The summed E-state index contributed by atoms with van der Waals surface area (Å²) < 4.78 is 2.77. The number of aryl methyl sites for hydroxylation is 1. The van der Waals surface area contributed by atoms with Crippen LogP contribution in [0.5, 0.6) is 0 Å². The molecule has 2 rings (SSSR count). The fraction of sp³-hybridized carbons (Fsp3) is 0.222. The lowest BCUT2D eigenvalue weighted by molar-refractivity contribution is 0.750. The molecular weight excluding hydrogens is 262 g/mol. The van der Waals surface area contributed by atoms with E-state index in [4.69, 9.17) is 0 Å². The van der Waals surface area contributed by atoms with Crippen molar-refractivity contribution >= 4 is 33.0 Å². The molecule has 5 heteroatoms. The van der Waals surface area contributed by atoms with E-state index in [-0.39, 0.29) is 0 Å². The highest BCUT2D eigenvalue weighted by Gasteiger charge is 2.03. The number of nitrogens with zero attached hydrogens (tertiary/aromatic N) is 2. The Labute approximate surface area is 94.9 Å². The second-order valence-electron chi connectivity index (χ2n) is 2.96. The topological polar surface area (TPSA) is 29.9 Å². The van der Waals surface area contributed by atoms with Crippen LogP contribution < -0.4 is 5.32 Å². The maximum absolute atomic E-state index is 4.13. The Bertz CT molecular complexity index is 408. The summed E-state index contributed by atoms with van der Waals surface area (Å²) in [6.07, 6.45) is 1.82. The second kappa shape index (κ2) is 4.14. The lowest BCUT2D eigenvalue weighted by Crippen LogP contribution is -1.98. The predicted octanol–water partition coefficient (Wildman–Crippen LogP) is 2.86. The summed E-state index contributed by atoms with van der Waals surface area (Å²) in [7, 11) is 1.90. The number of rotatable bonds is 3. The van der Waals surface area contributed by atoms with E-state index >= 15 is 0 Å². The van der Waals surface area contributed by atoms with Crippen LogP contribution >= 0.6 is 27.3 Å². The monoisotopic (exact) mass is 271 g/mol. The summed E-state index contributed by atoms with van der Waals surface area (Å²) in [5, 5.41) is 11.7. The van der Waals surface area contributed by atoms with E-state index in [9.17, 15) is 0 Å². The summed E-state index contributed by atoms with van der Waals surface area (Å²) in [5.74, 6) is 0. The van der Waals surface area contributed by atoms with Gasteiger partial charge < -0.3 is 5.32 Å². The first-order valence-corrected chi connectivity index (χ1v) is 5.93. The van der Waals surface area contributed by atoms with Gasteiger partial charge >= 0.3 is 0 Å². The average molecular weight is 272 g/mol. The van der Waals surface area contributed by atoms with E-state index < -0.39 is 0 Å². The van der Waals surface area contributed by atoms with Crippen LogP contribution in [0.25, 0.3) is 0 Å². The normalized spacial score (nSPS) is 10.4. The van der Waals surface area contributed by atoms with Gasteiger partial charge in [-0.2, -0.15) is 16.4 Å². The summed E-state index contributed by atoms with van der Waals surface area (Å²) in [6, 6.07) is 2.11. The van der Waals surface area contributed by atoms with Crippen molar-refractivity contribution in [2.75, 3.05) is 5.32 Å². The standard InChI is InChI=1S/C9H10BrN3S/c1-13-9(10)8(5-12-13)11-4-7-2-3-14-6-7/h2-3,5-6,11H,4H2,1H3. The number of nitrogens with one attached hydrogen (secondary N) is 1. The summed E-state index contributed by atoms with van der Waals surface area (Å²) in [4.78, 5) is 0. The highest BCUT2D eigenvalue weighted by atomic mass is 79.9. The second-order valence-corrected chi connectivity index (χ2v) is 4.49. The maximum Gasteiger partial charge on any atom is 0.126 e. The van der Waals surface area contributed by atoms with Gasteiger partial charge in [-0.1, -0.05) is 0 Å². The highest BCUT2D eigenvalue weighted by Crippen LogP contribution is 2.21. The molecule has 0 aliphatic heterocycles. The number of hydrogen-bond donors (Lipinski definition) is 1. The molecule has 2 aromatic rings. The first-order valence-electron chi connectivity index (χ1n) is 4.20. The summed E-state index contributed by atoms with van der Waals surface area (Å²) in [6.45, 7) is 0.841. The van der Waals surface area contributed by atoms with Crippen molar-refractivity contribution in [2.24, 2.45) is 7.05 Å². The van der Waals surface area contributed by atoms with Gasteiger partial charge in [-0.05, 0) is 38.3 Å². The van der Waals surface area contributed by atoms with E-state index in [0.717, 1.165) is 16.8 Å². The van der Waals surface area contributed by atoms with Gasteiger partial charge in [0, 0.05) is 13.6 Å². The van der Waals surface area contributed by atoms with Crippen molar-refractivity contribution in [2.45, 2.75) is 6.54 Å². The molecule has 0 unspecified atom stereocenters. The number of thiophene rings is 1. The van der Waals surface area contributed by atoms with Crippen molar-refractivity contribution in [1.82, 2.24) is 9.78 Å². The zero-order chi connectivity index (χ0) is 9.97. The lowest BCUT2D eigenvalue weighted by atomic mass is 10.3. The molecule has 0 bridgehead atoms. The van der Waals surface area contributed by atoms with Gasteiger partial charge in [-0.15, -0.1) is 0 Å². The van der Waals surface area contributed by atoms with Crippen LogP contribution in [0.15, 0.2) is 27.6 Å². The molecule has 0 saturated carbocycles. The first-order chi connectivity index (χ1) is 6.77. The van der Waals surface area contributed by atoms with Gasteiger partial charge in [0.1, 0.15) is 4.60 Å². The van der Waals surface area contributed by atoms with Gasteiger partial charge in [0.2, 0.25) is 0 Å². The van der Waals surface area contributed by atoms with Crippen molar-refractivity contribution in [3.8, 4) is 0 Å². The van der Waals surface area contributed by atoms with Gasteiger partial charge in [-0.3, -0.25) is 4.68 Å². The summed E-state index contributed by atoms with van der Waals surface area (Å²) >= 11 is 5.17. The van der Waals surface area contributed by atoms with E-state index in [1.54, 1.807) is 16.0 Å². The van der Waals surface area contributed by atoms with Crippen LogP contribution in [0, 0.1) is 0 Å². The molecule has 0 atom stereocenters. The first kappa shape index (κ1) is 9.73. The Balaban J connectivity index is 2.02. The van der Waals surface area contributed by atoms with Crippen LogP contribution in [0.1, 0.15) is 5.56 Å². The van der Waals surface area contributed by atoms with Gasteiger partial charge in [-0.25, -0.2) is 0 Å². The van der Waals surface area contributed by atoms with Crippen molar-refractivity contribution in [1.29, 1.82) is 0 Å². The number of anilines is 1. The van der Waals surface area contributed by atoms with Crippen molar-refractivity contribution < 1.29 is 0 Å². The Hall–Kier alpha value is -0.810. The van der Waals surface area contributed by atoms with Crippen LogP contribution in [-0.4, -0.2) is 9.78 Å². The highest BCUT2D eigenvalue weighted by molar-refractivity contribution is 9.10. The molecule has 0 aliphatic rings. The van der Waals surface area contributed by atoms with Gasteiger partial charge in [0.25, 0.3) is 0 Å². The molecule has 0 aliphatic carbocycles. The zero-order valence-corrected chi connectivity index (χ0v) is 10.1. The van der Waals surface area contributed by atoms with Gasteiger partial charge in [0.15, 0.2) is 0 Å². The van der Waals surface area contributed by atoms with Crippen LogP contribution in [0.4, 0.5) is 5.69 Å². The molecule has 1 N–H and O–H groups in total. The fourth-order valence-electron chi connectivity index (χ4n) is 1.13. The third-order valence-corrected chi connectivity index (χ3v) is 3.60. The van der Waals surface area contributed by atoms with Gasteiger partial charge in [0.05, 0.1) is 11.9 Å². The minimum absolute atomic E-state index is 0.841. The molecule has 0 fully saturated rings. The largest absolute Gasteiger partial charge is 0.377 e. The summed E-state index contributed by atoms with van der Waals surface area (Å²) in [5.41, 5.74) is 2.32. The number of hydrogen-bond acceptors (Lipinski definition) is 3. The average Bonchev–Trinajstić information content (AvgIpc) is 2.77. The zero-order valence-electron chi connectivity index (χ0n) is 7.70. The minimum atomic E-state index is 0.841. The molecule has 14 heavy (non-hydrogen) atoms. The Morgan fingerprint density at radius 3 is 3.07 bits per heavy atom. The Morgan fingerprint density at radius 2 is 2.50 bits per heavy atom. The van der Waals surface area contributed by atoms with Crippen molar-refractivity contribution in [3.63, 3.8) is 0 Å². The minimum Gasteiger partial charge on any atom is -0.377 e. The smallest absolute Gasteiger partial charge is 0.126 e. The molecule has 0 saturated heterocycles. The molecule has 2 aromatic heterocycles. The number of aromatic nitrogens is 2. The van der Waals surface area contributed by atoms with Crippen LogP contribution in [0.2, 0.25) is 0 Å². The third-order valence-electron chi connectivity index (χ3n) is 1.93. The predicted molar refractivity (Wildman–Crippen MR) is 62.6 cm³/mol. The van der Waals surface area contributed by atoms with E-state index in [1.807, 2.05) is 13.2 Å². The molecule has 0 radical (unpaired) electrons. The van der Waals surface area contributed by atoms with E-state index in [1.165, 1.54) is 5.56 Å². The van der Waals surface area contributed by atoms with E-state index in [2.05, 4.69) is 43.2 Å². The van der Waals surface area contributed by atoms with Crippen LogP contribution in [0.3, 0.4) is 0 Å². The van der Waals surface area contributed by atoms with Crippen LogP contribution in [-0.2, 0) is 13.6 Å². The Morgan fingerprint density at radius 1 is 1.64 bits per heavy atom. The molecule has 0 spiro atoms. The van der Waals surface area contributed by atoms with E-state index in [0.29, 0.717) is 0 Å². The molecule has 0 amide bonds. The molecule has 74 valence electrons. The lowest BCUT2D eigenvalue weighted by Gasteiger charge is -2.02. The quantitative estimate of drug-likeness (QED) is 0.931. The Kier molecular flexibility index (Phi) is 2.88. The fourth-order valence-corrected chi connectivity index (χ4v) is 2.13. The molecule has 0 aromatic carbocycles. The third kappa shape index (κ3) is 1.99. The molecule has 2 heterocycles. The van der Waals surface area contributed by atoms with Crippen molar-refractivity contribution in [3.05, 3.63) is 33.2 Å². The molecular formula is C9H10BrN3S. The maximum atomic E-state index is 4.13. The number of halogens is 1. The molecule has 3 nitrogen and oxygen atoms in total.